The van der Waals surface area contributed by atoms with Crippen LogP contribution in [0.15, 0.2) is 40.8 Å². The highest BCUT2D eigenvalue weighted by Gasteiger charge is 2.34. The Morgan fingerprint density at radius 2 is 2.07 bits per heavy atom. The minimum absolute atomic E-state index is 0.00921. The minimum atomic E-state index is -0.154. The van der Waals surface area contributed by atoms with Gasteiger partial charge in [-0.15, -0.1) is 11.3 Å². The van der Waals surface area contributed by atoms with Gasteiger partial charge in [-0.1, -0.05) is 25.5 Å². The van der Waals surface area contributed by atoms with Crippen molar-refractivity contribution in [3.63, 3.8) is 0 Å². The zero-order valence-corrected chi connectivity index (χ0v) is 18.4. The Morgan fingerprint density at radius 1 is 1.28 bits per heavy atom. The van der Waals surface area contributed by atoms with Gasteiger partial charge < -0.3 is 9.47 Å². The summed E-state index contributed by atoms with van der Waals surface area (Å²) in [5, 5.41) is 8.42. The molecule has 0 bridgehead atoms. The molecule has 0 fully saturated rings. The Morgan fingerprint density at radius 3 is 2.72 bits per heavy atom. The molecule has 1 unspecified atom stereocenters. The van der Waals surface area contributed by atoms with Crippen molar-refractivity contribution in [2.75, 3.05) is 34.4 Å². The molecule has 0 saturated heterocycles. The second kappa shape index (κ2) is 9.89. The third kappa shape index (κ3) is 4.97. The predicted octanol–water partition coefficient (Wildman–Crippen LogP) is 4.17. The molecule has 1 aliphatic heterocycles. The first-order valence-electron chi connectivity index (χ1n) is 9.91. The van der Waals surface area contributed by atoms with Gasteiger partial charge in [0.2, 0.25) is 0 Å². The average Bonchev–Trinajstić information content (AvgIpc) is 3.41. The van der Waals surface area contributed by atoms with Crippen LogP contribution >= 0.6 is 11.3 Å². The topological polar surface area (TPSA) is 54.4 Å². The van der Waals surface area contributed by atoms with E-state index in [0.717, 1.165) is 35.5 Å². The molecule has 7 heteroatoms. The van der Waals surface area contributed by atoms with Crippen LogP contribution in [0.25, 0.3) is 0 Å². The average molecular weight is 416 g/mol. The zero-order chi connectivity index (χ0) is 20.8. The van der Waals surface area contributed by atoms with Gasteiger partial charge in [-0.05, 0) is 49.2 Å². The molecule has 0 spiro atoms. The van der Waals surface area contributed by atoms with Crippen molar-refractivity contribution < 1.29 is 14.3 Å². The fraction of sp³-hybridized carbons (Fsp3) is 0.455. The van der Waals surface area contributed by atoms with Crippen LogP contribution in [-0.2, 0) is 4.79 Å². The number of unbranched alkanes of at least 4 members (excludes halogenated alkanes) is 1. The molecule has 29 heavy (non-hydrogen) atoms. The summed E-state index contributed by atoms with van der Waals surface area (Å²) in [4.78, 5) is 16.3. The first-order chi connectivity index (χ1) is 14.1. The van der Waals surface area contributed by atoms with Crippen molar-refractivity contribution in [3.8, 4) is 11.5 Å². The van der Waals surface area contributed by atoms with Crippen LogP contribution in [0.4, 0.5) is 0 Å². The molecule has 1 aliphatic rings. The van der Waals surface area contributed by atoms with Crippen LogP contribution in [0.5, 0.6) is 11.5 Å². The summed E-state index contributed by atoms with van der Waals surface area (Å²) in [5.74, 6) is 1.34. The Bertz CT molecular complexity index is 851. The van der Waals surface area contributed by atoms with Crippen molar-refractivity contribution in [1.29, 1.82) is 0 Å². The first-order valence-corrected chi connectivity index (χ1v) is 10.8. The van der Waals surface area contributed by atoms with Crippen LogP contribution in [0, 0.1) is 0 Å². The van der Waals surface area contributed by atoms with E-state index in [1.165, 1.54) is 0 Å². The first kappa shape index (κ1) is 21.3. The molecular formula is C22H29N3O3S. The molecule has 0 saturated carbocycles. The monoisotopic (exact) mass is 415 g/mol. The lowest BCUT2D eigenvalue weighted by Gasteiger charge is -2.25. The Kier molecular flexibility index (Phi) is 7.28. The van der Waals surface area contributed by atoms with Crippen LogP contribution in [0.3, 0.4) is 0 Å². The molecule has 6 nitrogen and oxygen atoms in total. The van der Waals surface area contributed by atoms with E-state index in [0.29, 0.717) is 24.5 Å². The highest BCUT2D eigenvalue weighted by Crippen LogP contribution is 2.37. The molecule has 1 aromatic carbocycles. The predicted molar refractivity (Wildman–Crippen MR) is 117 cm³/mol. The van der Waals surface area contributed by atoms with Gasteiger partial charge >= 0.3 is 0 Å². The van der Waals surface area contributed by atoms with E-state index in [1.54, 1.807) is 30.6 Å². The molecule has 0 N–H and O–H groups in total. The molecular weight excluding hydrogens is 386 g/mol. The zero-order valence-electron chi connectivity index (χ0n) is 17.6. The summed E-state index contributed by atoms with van der Waals surface area (Å²) in [6.07, 6.45) is 2.87. The van der Waals surface area contributed by atoms with Crippen LogP contribution in [-0.4, -0.2) is 55.9 Å². The second-order valence-corrected chi connectivity index (χ2v) is 8.14. The number of nitrogens with zero attached hydrogens (tertiary/aromatic N) is 3. The van der Waals surface area contributed by atoms with Gasteiger partial charge in [-0.25, -0.2) is 5.01 Å². The number of hydrogen-bond acceptors (Lipinski definition) is 6. The smallest absolute Gasteiger partial charge is 0.257 e. The maximum Gasteiger partial charge on any atom is 0.257 e. The van der Waals surface area contributed by atoms with Crippen molar-refractivity contribution in [2.24, 2.45) is 5.10 Å². The number of rotatable bonds is 9. The number of carbonyl (C=O) groups is 1. The summed E-state index contributed by atoms with van der Waals surface area (Å²) in [5.41, 5.74) is 1.94. The number of ether oxygens (including phenoxy) is 2. The normalized spacial score (nSPS) is 16.2. The Labute approximate surface area is 176 Å². The van der Waals surface area contributed by atoms with Gasteiger partial charge in [0, 0.05) is 6.42 Å². The maximum absolute atomic E-state index is 13.1. The summed E-state index contributed by atoms with van der Waals surface area (Å²) >= 11 is 1.65. The Balaban J connectivity index is 1.87. The van der Waals surface area contributed by atoms with Gasteiger partial charge in [0.15, 0.2) is 11.5 Å². The maximum atomic E-state index is 13.1. The van der Waals surface area contributed by atoms with Gasteiger partial charge in [-0.2, -0.15) is 5.10 Å². The molecule has 1 amide bonds. The lowest BCUT2D eigenvalue weighted by Crippen LogP contribution is -2.36. The quantitative estimate of drug-likeness (QED) is 0.617. The lowest BCUT2D eigenvalue weighted by molar-refractivity contribution is -0.133. The van der Waals surface area contributed by atoms with E-state index in [2.05, 4.69) is 17.9 Å². The highest BCUT2D eigenvalue weighted by molar-refractivity contribution is 7.12. The van der Waals surface area contributed by atoms with E-state index in [9.17, 15) is 4.79 Å². The number of methoxy groups -OCH3 is 2. The fourth-order valence-corrected chi connectivity index (χ4v) is 4.18. The number of thiophene rings is 1. The number of carbonyl (C=O) groups excluding carboxylic acids is 1. The molecule has 2 aromatic rings. The van der Waals surface area contributed by atoms with Crippen LogP contribution in [0.2, 0.25) is 0 Å². The van der Waals surface area contributed by atoms with Crippen molar-refractivity contribution in [1.82, 2.24) is 9.91 Å². The summed E-state index contributed by atoms with van der Waals surface area (Å²) < 4.78 is 10.8. The van der Waals surface area contributed by atoms with E-state index >= 15 is 0 Å². The van der Waals surface area contributed by atoms with Gasteiger partial charge in [0.25, 0.3) is 5.91 Å². The van der Waals surface area contributed by atoms with E-state index in [1.807, 2.05) is 36.7 Å². The number of hydrazone groups is 1. The third-order valence-electron chi connectivity index (χ3n) is 5.06. The number of benzene rings is 1. The van der Waals surface area contributed by atoms with Crippen molar-refractivity contribution in [2.45, 2.75) is 32.2 Å². The number of hydrogen-bond donors (Lipinski definition) is 0. The fourth-order valence-electron chi connectivity index (χ4n) is 3.46. The molecule has 0 radical (unpaired) electrons. The largest absolute Gasteiger partial charge is 0.493 e. The molecule has 2 heterocycles. The van der Waals surface area contributed by atoms with Gasteiger partial charge in [0.05, 0.1) is 37.4 Å². The van der Waals surface area contributed by atoms with Gasteiger partial charge in [0.1, 0.15) is 0 Å². The molecule has 1 atom stereocenters. The van der Waals surface area contributed by atoms with Gasteiger partial charge in [-0.3, -0.25) is 9.69 Å². The SMILES string of the molecule is CCCCN(C)CC(=O)N1N=C(c2cccs2)CC1c1ccc(OC)c(OC)c1. The second-order valence-electron chi connectivity index (χ2n) is 7.19. The van der Waals surface area contributed by atoms with E-state index < -0.39 is 0 Å². The molecule has 0 aliphatic carbocycles. The standard InChI is InChI=1S/C22H29N3O3S/c1-5-6-11-24(2)15-22(26)25-18(14-17(23-25)21-8-7-12-29-21)16-9-10-19(27-3)20(13-16)28-4/h7-10,12-13,18H,5-6,11,14-15H2,1-4H3. The third-order valence-corrected chi connectivity index (χ3v) is 5.98. The number of amides is 1. The minimum Gasteiger partial charge on any atom is -0.493 e. The van der Waals surface area contributed by atoms with E-state index in [-0.39, 0.29) is 11.9 Å². The van der Waals surface area contributed by atoms with Crippen molar-refractivity contribution >= 4 is 23.0 Å². The summed E-state index contributed by atoms with van der Waals surface area (Å²) in [6.45, 7) is 3.41. The lowest BCUT2D eigenvalue weighted by atomic mass is 10.0. The van der Waals surface area contributed by atoms with Crippen molar-refractivity contribution in [3.05, 3.63) is 46.2 Å². The molecule has 3 rings (SSSR count). The summed E-state index contributed by atoms with van der Waals surface area (Å²) in [7, 11) is 5.22. The number of likely N-dealkylation sites (N-methyl/N-ethyl adjacent to an activating group) is 1. The van der Waals surface area contributed by atoms with E-state index in [4.69, 9.17) is 14.6 Å². The van der Waals surface area contributed by atoms with Crippen LogP contribution in [0.1, 0.15) is 42.7 Å². The Hall–Kier alpha value is -2.38. The molecule has 156 valence electrons. The van der Waals surface area contributed by atoms with Crippen LogP contribution < -0.4 is 9.47 Å². The molecule has 1 aromatic heterocycles. The highest BCUT2D eigenvalue weighted by atomic mass is 32.1. The summed E-state index contributed by atoms with van der Waals surface area (Å²) in [6, 6.07) is 9.72.